The molecule has 2 aromatic rings. The fraction of sp³-hybridized carbons (Fsp3) is 0.545. The van der Waals surface area contributed by atoms with Crippen LogP contribution in [0.4, 0.5) is 5.69 Å². The molecule has 6 nitrogen and oxygen atoms in total. The number of piperazine rings is 1. The Balaban J connectivity index is 1.25. The van der Waals surface area contributed by atoms with E-state index < -0.39 is 0 Å². The Morgan fingerprint density at radius 1 is 1.18 bits per heavy atom. The highest BCUT2D eigenvalue weighted by molar-refractivity contribution is 5.78. The van der Waals surface area contributed by atoms with Crippen molar-refractivity contribution < 1.29 is 4.79 Å². The van der Waals surface area contributed by atoms with Crippen molar-refractivity contribution in [1.82, 2.24) is 19.4 Å². The maximum absolute atomic E-state index is 12.9. The number of amides is 1. The van der Waals surface area contributed by atoms with Crippen LogP contribution in [0.15, 0.2) is 43.0 Å². The Morgan fingerprint density at radius 3 is 2.79 bits per heavy atom. The number of carbonyl (C=O) groups is 1. The minimum atomic E-state index is 0.291. The summed E-state index contributed by atoms with van der Waals surface area (Å²) < 4.78 is 2.13. The fourth-order valence-electron chi connectivity index (χ4n) is 4.41. The van der Waals surface area contributed by atoms with Gasteiger partial charge in [-0.05, 0) is 43.4 Å². The normalized spacial score (nSPS) is 21.1. The van der Waals surface area contributed by atoms with Crippen molar-refractivity contribution in [3.63, 3.8) is 0 Å². The molecule has 2 saturated heterocycles. The number of aryl methyl sites for hydroxylation is 1. The third-order valence-corrected chi connectivity index (χ3v) is 6.00. The van der Waals surface area contributed by atoms with Gasteiger partial charge < -0.3 is 14.4 Å². The molecule has 28 heavy (non-hydrogen) atoms. The Morgan fingerprint density at radius 2 is 2.04 bits per heavy atom. The van der Waals surface area contributed by atoms with Crippen LogP contribution in [0, 0.1) is 12.8 Å². The van der Waals surface area contributed by atoms with Crippen molar-refractivity contribution in [2.75, 3.05) is 50.7 Å². The maximum atomic E-state index is 12.9. The lowest BCUT2D eigenvalue weighted by Crippen LogP contribution is -2.51. The predicted octanol–water partition coefficient (Wildman–Crippen LogP) is 2.25. The number of hydrogen-bond donors (Lipinski definition) is 0. The Labute approximate surface area is 167 Å². The summed E-state index contributed by atoms with van der Waals surface area (Å²) in [5, 5.41) is 0. The van der Waals surface area contributed by atoms with Crippen LogP contribution in [0.25, 0.3) is 0 Å². The Kier molecular flexibility index (Phi) is 5.95. The summed E-state index contributed by atoms with van der Waals surface area (Å²) in [6, 6.07) is 8.69. The van der Waals surface area contributed by atoms with Crippen LogP contribution in [-0.2, 0) is 11.3 Å². The zero-order valence-corrected chi connectivity index (χ0v) is 16.8. The second-order valence-electron chi connectivity index (χ2n) is 8.21. The number of carbonyl (C=O) groups excluding carboxylic acids is 1. The van der Waals surface area contributed by atoms with Gasteiger partial charge in [0.2, 0.25) is 5.91 Å². The van der Waals surface area contributed by atoms with Gasteiger partial charge in [-0.2, -0.15) is 0 Å². The fourth-order valence-corrected chi connectivity index (χ4v) is 4.41. The molecule has 0 N–H and O–H groups in total. The lowest BCUT2D eigenvalue weighted by atomic mass is 9.98. The van der Waals surface area contributed by atoms with E-state index in [2.05, 4.69) is 55.4 Å². The standard InChI is InChI=1S/C22H31N5O/c1-19-4-2-6-21(14-19)26-12-10-24(11-13-26)17-22(28)27-8-3-5-20(16-27)15-25-9-7-23-18-25/h2,4,6-7,9,14,18,20H,3,5,8,10-13,15-17H2,1H3/t20-/m0/s1. The van der Waals surface area contributed by atoms with Crippen molar-refractivity contribution in [2.45, 2.75) is 26.3 Å². The monoisotopic (exact) mass is 381 g/mol. The van der Waals surface area contributed by atoms with Crippen LogP contribution in [0.3, 0.4) is 0 Å². The maximum Gasteiger partial charge on any atom is 0.236 e. The smallest absolute Gasteiger partial charge is 0.236 e. The third-order valence-electron chi connectivity index (χ3n) is 6.00. The second-order valence-corrected chi connectivity index (χ2v) is 8.21. The molecule has 2 aliphatic rings. The highest BCUT2D eigenvalue weighted by Gasteiger charge is 2.26. The van der Waals surface area contributed by atoms with Gasteiger partial charge in [0.05, 0.1) is 12.9 Å². The molecule has 1 amide bonds. The number of piperidine rings is 1. The molecule has 1 aromatic heterocycles. The van der Waals surface area contributed by atoms with Gasteiger partial charge in [-0.1, -0.05) is 12.1 Å². The molecule has 0 radical (unpaired) electrons. The van der Waals surface area contributed by atoms with Crippen molar-refractivity contribution in [3.05, 3.63) is 48.5 Å². The number of imidazole rings is 1. The van der Waals surface area contributed by atoms with Gasteiger partial charge in [0, 0.05) is 63.9 Å². The molecule has 0 aliphatic carbocycles. The predicted molar refractivity (Wildman–Crippen MR) is 111 cm³/mol. The van der Waals surface area contributed by atoms with E-state index in [1.54, 1.807) is 0 Å². The quantitative estimate of drug-likeness (QED) is 0.797. The van der Waals surface area contributed by atoms with Crippen LogP contribution >= 0.6 is 0 Å². The molecule has 3 heterocycles. The van der Waals surface area contributed by atoms with Crippen LogP contribution in [0.2, 0.25) is 0 Å². The van der Waals surface area contributed by atoms with E-state index >= 15 is 0 Å². The van der Waals surface area contributed by atoms with Gasteiger partial charge in [-0.15, -0.1) is 0 Å². The number of hydrogen-bond acceptors (Lipinski definition) is 4. The molecule has 150 valence electrons. The van der Waals surface area contributed by atoms with Crippen LogP contribution in [0.5, 0.6) is 0 Å². The van der Waals surface area contributed by atoms with Crippen molar-refractivity contribution >= 4 is 11.6 Å². The molecular weight excluding hydrogens is 350 g/mol. The highest BCUT2D eigenvalue weighted by atomic mass is 16.2. The van der Waals surface area contributed by atoms with Crippen molar-refractivity contribution in [2.24, 2.45) is 5.92 Å². The summed E-state index contributed by atoms with van der Waals surface area (Å²) in [7, 11) is 0. The molecule has 2 fully saturated rings. The zero-order chi connectivity index (χ0) is 19.3. The van der Waals surface area contributed by atoms with E-state index in [4.69, 9.17) is 0 Å². The summed E-state index contributed by atoms with van der Waals surface area (Å²) in [6.07, 6.45) is 7.99. The second kappa shape index (κ2) is 8.78. The summed E-state index contributed by atoms with van der Waals surface area (Å²) in [5.74, 6) is 0.824. The van der Waals surface area contributed by atoms with Gasteiger partial charge in [-0.25, -0.2) is 4.98 Å². The number of nitrogens with zero attached hydrogens (tertiary/aromatic N) is 5. The average Bonchev–Trinajstić information content (AvgIpc) is 3.22. The largest absolute Gasteiger partial charge is 0.369 e. The van der Waals surface area contributed by atoms with Crippen LogP contribution in [-0.4, -0.2) is 71.1 Å². The van der Waals surface area contributed by atoms with Crippen LogP contribution < -0.4 is 4.90 Å². The summed E-state index contributed by atoms with van der Waals surface area (Å²) in [5.41, 5.74) is 2.59. The minimum Gasteiger partial charge on any atom is -0.369 e. The number of aromatic nitrogens is 2. The summed E-state index contributed by atoms with van der Waals surface area (Å²) >= 11 is 0. The molecule has 0 unspecified atom stereocenters. The number of anilines is 1. The Bertz CT molecular complexity index is 767. The van der Waals surface area contributed by atoms with E-state index in [9.17, 15) is 4.79 Å². The third kappa shape index (κ3) is 4.73. The van der Waals surface area contributed by atoms with E-state index in [0.717, 1.165) is 52.2 Å². The molecule has 1 aromatic carbocycles. The van der Waals surface area contributed by atoms with Gasteiger partial charge in [0.15, 0.2) is 0 Å². The van der Waals surface area contributed by atoms with E-state index in [1.165, 1.54) is 17.7 Å². The summed E-state index contributed by atoms with van der Waals surface area (Å²) in [6.45, 7) is 9.30. The highest BCUT2D eigenvalue weighted by Crippen LogP contribution is 2.20. The first-order chi connectivity index (χ1) is 13.7. The molecule has 0 bridgehead atoms. The molecule has 0 saturated carbocycles. The number of benzene rings is 1. The summed E-state index contributed by atoms with van der Waals surface area (Å²) in [4.78, 5) is 23.8. The van der Waals surface area contributed by atoms with Crippen molar-refractivity contribution in [3.8, 4) is 0 Å². The number of likely N-dealkylation sites (tertiary alicyclic amines) is 1. The molecule has 0 spiro atoms. The van der Waals surface area contributed by atoms with Gasteiger partial charge in [-0.3, -0.25) is 9.69 Å². The molecular formula is C22H31N5O. The van der Waals surface area contributed by atoms with Crippen LogP contribution in [0.1, 0.15) is 18.4 Å². The first kappa shape index (κ1) is 19.0. The minimum absolute atomic E-state index is 0.291. The zero-order valence-electron chi connectivity index (χ0n) is 16.8. The topological polar surface area (TPSA) is 44.6 Å². The lowest BCUT2D eigenvalue weighted by molar-refractivity contribution is -0.134. The van der Waals surface area contributed by atoms with E-state index in [-0.39, 0.29) is 0 Å². The average molecular weight is 382 g/mol. The molecule has 2 aliphatic heterocycles. The first-order valence-corrected chi connectivity index (χ1v) is 10.4. The van der Waals surface area contributed by atoms with Gasteiger partial charge in [0.25, 0.3) is 0 Å². The first-order valence-electron chi connectivity index (χ1n) is 10.4. The lowest BCUT2D eigenvalue weighted by Gasteiger charge is -2.38. The molecule has 4 rings (SSSR count). The molecule has 1 atom stereocenters. The van der Waals surface area contributed by atoms with E-state index in [0.29, 0.717) is 18.4 Å². The van der Waals surface area contributed by atoms with Gasteiger partial charge >= 0.3 is 0 Å². The Hall–Kier alpha value is -2.34. The van der Waals surface area contributed by atoms with E-state index in [1.807, 2.05) is 18.7 Å². The molecule has 6 heteroatoms. The van der Waals surface area contributed by atoms with Gasteiger partial charge in [0.1, 0.15) is 0 Å². The number of rotatable bonds is 5. The van der Waals surface area contributed by atoms with Crippen molar-refractivity contribution in [1.29, 1.82) is 0 Å². The SMILES string of the molecule is Cc1cccc(N2CCN(CC(=O)N3CCC[C@@H](Cn4ccnc4)C3)CC2)c1.